The molecule has 0 radical (unpaired) electrons. The maximum atomic E-state index is 14.2. The Morgan fingerprint density at radius 1 is 1.15 bits per heavy atom. The third-order valence-electron chi connectivity index (χ3n) is 5.44. The van der Waals surface area contributed by atoms with E-state index in [0.29, 0.717) is 37.1 Å². The molecule has 1 aromatic carbocycles. The minimum Gasteiger partial charge on any atom is -0.496 e. The first-order chi connectivity index (χ1) is 15.7. The van der Waals surface area contributed by atoms with E-state index in [1.807, 2.05) is 0 Å². The fraction of sp³-hybridized carbons (Fsp3) is 0.500. The number of carbonyl (C=O) groups excluding carboxylic acids is 2. The third-order valence-corrected chi connectivity index (χ3v) is 5.44. The Bertz CT molecular complexity index is 1080. The van der Waals surface area contributed by atoms with Gasteiger partial charge in [0.1, 0.15) is 22.9 Å². The average Bonchev–Trinajstić information content (AvgIpc) is 3.12. The highest BCUT2D eigenvalue weighted by Gasteiger charge is 2.37. The van der Waals surface area contributed by atoms with Crippen LogP contribution in [0.1, 0.15) is 55.3 Å². The topological polar surface area (TPSA) is 69.0 Å². The summed E-state index contributed by atoms with van der Waals surface area (Å²) in [5.74, 6) is -2.59. The molecule has 0 saturated carbocycles. The van der Waals surface area contributed by atoms with Crippen molar-refractivity contribution in [1.82, 2.24) is 4.90 Å². The standard InChI is InChI=1S/C24H27F4NO5/c1-13-9-19(20(30)14-7-6-8-29(12-14)22(31)34-23(2,3)4)33-21(13)15-10-17(25)16(24(26,27)28)11-18(15)32-5/h9-11,14H,6-8,12H2,1-5H3. The number of ketones is 1. The lowest BCUT2D eigenvalue weighted by Crippen LogP contribution is -2.44. The molecule has 34 heavy (non-hydrogen) atoms. The molecule has 6 nitrogen and oxygen atoms in total. The molecular formula is C24H27F4NO5. The molecule has 1 aliphatic heterocycles. The fourth-order valence-corrected chi connectivity index (χ4v) is 3.87. The number of Topliss-reactive ketones (excluding diaryl/α,β-unsaturated/α-hetero) is 1. The number of nitrogens with zero attached hydrogens (tertiary/aromatic N) is 1. The first-order valence-corrected chi connectivity index (χ1v) is 10.8. The van der Waals surface area contributed by atoms with Crippen molar-refractivity contribution in [2.75, 3.05) is 20.2 Å². The van der Waals surface area contributed by atoms with E-state index in [9.17, 15) is 27.2 Å². The first-order valence-electron chi connectivity index (χ1n) is 10.8. The number of likely N-dealkylation sites (tertiary alicyclic amines) is 1. The molecule has 1 saturated heterocycles. The van der Waals surface area contributed by atoms with E-state index in [-0.39, 0.29) is 35.2 Å². The molecular weight excluding hydrogens is 458 g/mol. The van der Waals surface area contributed by atoms with Crippen LogP contribution in [0.4, 0.5) is 22.4 Å². The van der Waals surface area contributed by atoms with E-state index in [1.54, 1.807) is 27.7 Å². The quantitative estimate of drug-likeness (QED) is 0.378. The zero-order valence-corrected chi connectivity index (χ0v) is 19.6. The van der Waals surface area contributed by atoms with E-state index in [1.165, 1.54) is 11.0 Å². The van der Waals surface area contributed by atoms with Crippen LogP contribution in [0.25, 0.3) is 11.3 Å². The van der Waals surface area contributed by atoms with Crippen LogP contribution in [0, 0.1) is 18.7 Å². The van der Waals surface area contributed by atoms with Crippen molar-refractivity contribution in [3.8, 4) is 17.1 Å². The summed E-state index contributed by atoms with van der Waals surface area (Å²) in [5, 5.41) is 0. The Morgan fingerprint density at radius 3 is 2.41 bits per heavy atom. The predicted octanol–water partition coefficient (Wildman–Crippen LogP) is 6.25. The Balaban J connectivity index is 1.87. The van der Waals surface area contributed by atoms with Crippen molar-refractivity contribution in [2.24, 2.45) is 5.92 Å². The van der Waals surface area contributed by atoms with Gasteiger partial charge in [-0.3, -0.25) is 4.79 Å². The summed E-state index contributed by atoms with van der Waals surface area (Å²) in [6.45, 7) is 7.47. The fourth-order valence-electron chi connectivity index (χ4n) is 3.87. The molecule has 0 aliphatic carbocycles. The van der Waals surface area contributed by atoms with Gasteiger partial charge in [-0.05, 0) is 64.3 Å². The number of aryl methyl sites for hydroxylation is 1. The Morgan fingerprint density at radius 2 is 1.82 bits per heavy atom. The highest BCUT2D eigenvalue weighted by atomic mass is 19.4. The normalized spacial score (nSPS) is 17.0. The number of furan rings is 1. The monoisotopic (exact) mass is 485 g/mol. The van der Waals surface area contributed by atoms with Crippen LogP contribution in [-0.2, 0) is 10.9 Å². The van der Waals surface area contributed by atoms with Crippen molar-refractivity contribution in [3.05, 3.63) is 40.9 Å². The Hall–Kier alpha value is -3.04. The molecule has 0 spiro atoms. The van der Waals surface area contributed by atoms with Crippen molar-refractivity contribution >= 4 is 11.9 Å². The van der Waals surface area contributed by atoms with Gasteiger partial charge in [0, 0.05) is 19.0 Å². The number of hydrogen-bond acceptors (Lipinski definition) is 5. The third kappa shape index (κ3) is 5.53. The number of benzene rings is 1. The second-order valence-electron chi connectivity index (χ2n) is 9.28. The summed E-state index contributed by atoms with van der Waals surface area (Å²) >= 11 is 0. The van der Waals surface area contributed by atoms with Gasteiger partial charge >= 0.3 is 12.3 Å². The largest absolute Gasteiger partial charge is 0.496 e. The SMILES string of the molecule is COc1cc(C(F)(F)F)c(F)cc1-c1oc(C(=O)C2CCCN(C(=O)OC(C)(C)C)C2)cc1C. The maximum absolute atomic E-state index is 14.2. The van der Waals surface area contributed by atoms with Gasteiger partial charge in [-0.1, -0.05) is 0 Å². The summed E-state index contributed by atoms with van der Waals surface area (Å²) in [6.07, 6.45) is -4.27. The molecule has 1 fully saturated rings. The minimum absolute atomic E-state index is 0.0223. The van der Waals surface area contributed by atoms with Crippen LogP contribution in [0.3, 0.4) is 0 Å². The summed E-state index contributed by atoms with van der Waals surface area (Å²) in [7, 11) is 1.16. The molecule has 1 unspecified atom stereocenters. The molecule has 2 heterocycles. The van der Waals surface area contributed by atoms with Gasteiger partial charge in [-0.2, -0.15) is 13.2 Å². The zero-order chi connectivity index (χ0) is 25.4. The van der Waals surface area contributed by atoms with E-state index >= 15 is 0 Å². The predicted molar refractivity (Wildman–Crippen MR) is 115 cm³/mol. The van der Waals surface area contributed by atoms with E-state index in [4.69, 9.17) is 13.9 Å². The van der Waals surface area contributed by atoms with Crippen molar-refractivity contribution in [2.45, 2.75) is 52.3 Å². The molecule has 2 aromatic rings. The van der Waals surface area contributed by atoms with Gasteiger partial charge in [0.25, 0.3) is 0 Å². The number of ether oxygens (including phenoxy) is 2. The molecule has 1 aliphatic rings. The molecule has 1 aromatic heterocycles. The zero-order valence-electron chi connectivity index (χ0n) is 19.6. The smallest absolute Gasteiger partial charge is 0.419 e. The minimum atomic E-state index is -4.89. The lowest BCUT2D eigenvalue weighted by Gasteiger charge is -2.33. The molecule has 3 rings (SSSR count). The highest BCUT2D eigenvalue weighted by Crippen LogP contribution is 2.41. The van der Waals surface area contributed by atoms with Gasteiger partial charge in [0.15, 0.2) is 5.76 Å². The number of halogens is 4. The summed E-state index contributed by atoms with van der Waals surface area (Å²) in [6, 6.07) is 2.71. The molecule has 1 amide bonds. The van der Waals surface area contributed by atoms with Crippen LogP contribution in [0.2, 0.25) is 0 Å². The first kappa shape index (κ1) is 25.6. The van der Waals surface area contributed by atoms with Crippen LogP contribution in [0.15, 0.2) is 22.6 Å². The second-order valence-corrected chi connectivity index (χ2v) is 9.28. The van der Waals surface area contributed by atoms with Crippen LogP contribution in [0.5, 0.6) is 5.75 Å². The van der Waals surface area contributed by atoms with Gasteiger partial charge in [-0.15, -0.1) is 0 Å². The highest BCUT2D eigenvalue weighted by molar-refractivity contribution is 5.96. The van der Waals surface area contributed by atoms with Crippen LogP contribution in [-0.4, -0.2) is 42.6 Å². The van der Waals surface area contributed by atoms with Crippen molar-refractivity contribution < 1.29 is 41.0 Å². The molecule has 186 valence electrons. The number of alkyl halides is 3. The van der Waals surface area contributed by atoms with Gasteiger partial charge in [0.05, 0.1) is 18.2 Å². The summed E-state index contributed by atoms with van der Waals surface area (Å²) in [5.41, 5.74) is -1.74. The number of hydrogen-bond donors (Lipinski definition) is 0. The number of piperidine rings is 1. The Labute approximate surface area is 194 Å². The molecule has 10 heteroatoms. The van der Waals surface area contributed by atoms with E-state index in [0.717, 1.165) is 7.11 Å². The molecule has 0 N–H and O–H groups in total. The molecule has 0 bridgehead atoms. The number of carbonyl (C=O) groups is 2. The van der Waals surface area contributed by atoms with Crippen LogP contribution >= 0.6 is 0 Å². The van der Waals surface area contributed by atoms with E-state index in [2.05, 4.69) is 0 Å². The van der Waals surface area contributed by atoms with Crippen molar-refractivity contribution in [3.63, 3.8) is 0 Å². The lowest BCUT2D eigenvalue weighted by molar-refractivity contribution is -0.140. The van der Waals surface area contributed by atoms with Gasteiger partial charge in [-0.25, -0.2) is 9.18 Å². The second kappa shape index (κ2) is 9.31. The number of methoxy groups -OCH3 is 1. The maximum Gasteiger partial charge on any atom is 0.419 e. The number of rotatable bonds is 4. The summed E-state index contributed by atoms with van der Waals surface area (Å²) in [4.78, 5) is 27.0. The van der Waals surface area contributed by atoms with Crippen LogP contribution < -0.4 is 4.74 Å². The van der Waals surface area contributed by atoms with Gasteiger partial charge < -0.3 is 18.8 Å². The summed E-state index contributed by atoms with van der Waals surface area (Å²) < 4.78 is 69.6. The molecule has 1 atom stereocenters. The number of amides is 1. The van der Waals surface area contributed by atoms with Gasteiger partial charge in [0.2, 0.25) is 5.78 Å². The van der Waals surface area contributed by atoms with Crippen molar-refractivity contribution in [1.29, 1.82) is 0 Å². The Kier molecular flexibility index (Phi) is 7.00. The van der Waals surface area contributed by atoms with E-state index < -0.39 is 35.2 Å². The lowest BCUT2D eigenvalue weighted by atomic mass is 9.92. The average molecular weight is 485 g/mol.